The lowest BCUT2D eigenvalue weighted by atomic mass is 9.85. The quantitative estimate of drug-likeness (QED) is 0.342. The molecule has 0 radical (unpaired) electrons. The minimum atomic E-state index is -0.546. The molecular weight excluding hydrogens is 506 g/mol. The van der Waals surface area contributed by atoms with Crippen molar-refractivity contribution in [2.45, 2.75) is 31.2 Å². The van der Waals surface area contributed by atoms with Crippen LogP contribution in [0.1, 0.15) is 23.5 Å². The first-order chi connectivity index (χ1) is 19.5. The minimum Gasteiger partial charge on any atom is -0.490 e. The van der Waals surface area contributed by atoms with E-state index in [-0.39, 0.29) is 12.0 Å². The summed E-state index contributed by atoms with van der Waals surface area (Å²) in [5, 5.41) is 14.3. The van der Waals surface area contributed by atoms with Crippen molar-refractivity contribution in [1.29, 1.82) is 0 Å². The lowest BCUT2D eigenvalue weighted by Crippen LogP contribution is -2.49. The number of aliphatic hydroxyl groups excluding tert-OH is 1. The van der Waals surface area contributed by atoms with Crippen LogP contribution in [0, 0.1) is 0 Å². The highest BCUT2D eigenvalue weighted by Crippen LogP contribution is 2.35. The highest BCUT2D eigenvalue weighted by molar-refractivity contribution is 5.61. The first-order valence-corrected chi connectivity index (χ1v) is 14.1. The molecule has 0 spiro atoms. The maximum atomic E-state index is 11.0. The highest BCUT2D eigenvalue weighted by Gasteiger charge is 2.34. The summed E-state index contributed by atoms with van der Waals surface area (Å²) >= 11 is 0. The Morgan fingerprint density at radius 3 is 2.67 bits per heavy atom. The molecule has 3 aromatic carbocycles. The van der Waals surface area contributed by atoms with Crippen LogP contribution in [0.3, 0.4) is 0 Å². The number of anilines is 2. The van der Waals surface area contributed by atoms with Gasteiger partial charge in [0.15, 0.2) is 0 Å². The van der Waals surface area contributed by atoms with Crippen molar-refractivity contribution in [3.63, 3.8) is 0 Å². The van der Waals surface area contributed by atoms with Gasteiger partial charge in [-0.3, -0.25) is 0 Å². The van der Waals surface area contributed by atoms with Crippen molar-refractivity contribution in [3.05, 3.63) is 77.9 Å². The number of methoxy groups -OCH3 is 1. The zero-order chi connectivity index (χ0) is 27.9. The Morgan fingerprint density at radius 1 is 1.02 bits per heavy atom. The van der Waals surface area contributed by atoms with E-state index in [2.05, 4.69) is 22.3 Å². The van der Waals surface area contributed by atoms with Crippen LogP contribution in [0.25, 0.3) is 0 Å². The first-order valence-electron chi connectivity index (χ1n) is 14.1. The molecule has 3 aromatic rings. The third-order valence-corrected chi connectivity index (χ3v) is 7.57. The van der Waals surface area contributed by atoms with Crippen LogP contribution < -0.4 is 24.6 Å². The fourth-order valence-corrected chi connectivity index (χ4v) is 5.44. The second-order valence-electron chi connectivity index (χ2n) is 10.6. The number of β-amino-alcohol motifs (C(OH)–C–C–N with tert-alkyl or cyclic N) is 1. The molecule has 0 aliphatic carbocycles. The van der Waals surface area contributed by atoms with Crippen LogP contribution in [0.4, 0.5) is 11.4 Å². The lowest BCUT2D eigenvalue weighted by molar-refractivity contribution is -0.0328. The number of piperidine rings is 1. The molecule has 2 heterocycles. The number of nitrogens with zero attached hydrogens (tertiary/aromatic N) is 2. The molecule has 2 aliphatic rings. The molecule has 40 heavy (non-hydrogen) atoms. The fraction of sp³-hybridized carbons (Fsp3) is 0.438. The number of benzene rings is 3. The van der Waals surface area contributed by atoms with E-state index in [0.29, 0.717) is 26.3 Å². The second kappa shape index (κ2) is 13.4. The molecule has 0 amide bonds. The molecule has 3 unspecified atom stereocenters. The van der Waals surface area contributed by atoms with Gasteiger partial charge in [0.2, 0.25) is 0 Å². The van der Waals surface area contributed by atoms with Gasteiger partial charge >= 0.3 is 0 Å². The monoisotopic (exact) mass is 547 g/mol. The second-order valence-corrected chi connectivity index (χ2v) is 10.6. The average molecular weight is 548 g/mol. The van der Waals surface area contributed by atoms with Crippen LogP contribution in [0.15, 0.2) is 66.7 Å². The van der Waals surface area contributed by atoms with Gasteiger partial charge in [0.25, 0.3) is 0 Å². The van der Waals surface area contributed by atoms with Crippen LogP contribution >= 0.6 is 0 Å². The molecular formula is C32H41N3O5. The van der Waals surface area contributed by atoms with Crippen molar-refractivity contribution in [2.75, 3.05) is 70.4 Å². The lowest BCUT2D eigenvalue weighted by Gasteiger charge is -2.36. The largest absolute Gasteiger partial charge is 0.490 e. The summed E-state index contributed by atoms with van der Waals surface area (Å²) in [6.45, 7) is 4.89. The Labute approximate surface area is 237 Å². The molecule has 214 valence electrons. The number of hydrogen-bond donors (Lipinski definition) is 2. The Balaban J connectivity index is 1.25. The minimum absolute atomic E-state index is 0.140. The molecule has 0 saturated carbocycles. The van der Waals surface area contributed by atoms with Crippen molar-refractivity contribution in [2.24, 2.45) is 0 Å². The Bertz CT molecular complexity index is 1240. The average Bonchev–Trinajstić information content (AvgIpc) is 2.97. The topological polar surface area (TPSA) is 75.7 Å². The van der Waals surface area contributed by atoms with Crippen LogP contribution in [0.2, 0.25) is 0 Å². The summed E-state index contributed by atoms with van der Waals surface area (Å²) in [5.41, 5.74) is 4.31. The smallest absolute Gasteiger partial charge is 0.142 e. The van der Waals surface area contributed by atoms with Gasteiger partial charge in [0, 0.05) is 65.1 Å². The zero-order valence-corrected chi connectivity index (χ0v) is 23.7. The number of ether oxygens (including phenoxy) is 4. The molecule has 0 bridgehead atoms. The molecule has 5 rings (SSSR count). The van der Waals surface area contributed by atoms with E-state index in [9.17, 15) is 5.11 Å². The van der Waals surface area contributed by atoms with E-state index in [1.165, 1.54) is 0 Å². The molecule has 1 fully saturated rings. The molecule has 1 saturated heterocycles. The summed E-state index contributed by atoms with van der Waals surface area (Å²) in [7, 11) is 5.76. The van der Waals surface area contributed by atoms with Crippen LogP contribution in [-0.2, 0) is 16.1 Å². The van der Waals surface area contributed by atoms with Crippen molar-refractivity contribution in [1.82, 2.24) is 5.32 Å². The molecule has 0 aromatic heterocycles. The molecule has 2 N–H and O–H groups in total. The number of rotatable bonds is 11. The van der Waals surface area contributed by atoms with Crippen LogP contribution in [0.5, 0.6) is 17.2 Å². The van der Waals surface area contributed by atoms with Gasteiger partial charge in [-0.1, -0.05) is 24.3 Å². The summed E-state index contributed by atoms with van der Waals surface area (Å²) in [5.74, 6) is 2.32. The summed E-state index contributed by atoms with van der Waals surface area (Å²) < 4.78 is 23.7. The van der Waals surface area contributed by atoms with E-state index in [0.717, 1.165) is 65.9 Å². The van der Waals surface area contributed by atoms with E-state index in [4.69, 9.17) is 18.9 Å². The molecule has 8 nitrogen and oxygen atoms in total. The Kier molecular flexibility index (Phi) is 9.44. The highest BCUT2D eigenvalue weighted by atomic mass is 16.5. The number of aliphatic hydroxyl groups is 1. The van der Waals surface area contributed by atoms with E-state index < -0.39 is 6.10 Å². The number of nitrogens with one attached hydrogen (secondary N) is 1. The van der Waals surface area contributed by atoms with Crippen LogP contribution in [-0.4, -0.2) is 77.9 Å². The summed E-state index contributed by atoms with van der Waals surface area (Å²) in [6, 6.07) is 22.3. The predicted molar refractivity (Wildman–Crippen MR) is 158 cm³/mol. The van der Waals surface area contributed by atoms with E-state index in [1.54, 1.807) is 7.11 Å². The normalized spacial score (nSPS) is 20.5. The SMILES string of the molecule is COCCCN1CCOc2ccc(COC3CNCC(O)C3c3ccc(Oc4cccc(N(C)C)c4)cc3)cc21. The van der Waals surface area contributed by atoms with Gasteiger partial charge in [-0.15, -0.1) is 0 Å². The number of fused-ring (bicyclic) bond motifs is 1. The maximum absolute atomic E-state index is 11.0. The van der Waals surface area contributed by atoms with E-state index in [1.807, 2.05) is 73.6 Å². The Morgan fingerprint density at radius 2 is 1.88 bits per heavy atom. The standard InChI is InChI=1S/C32H41N3O5/c1-34(2)25-6-4-7-27(19-25)40-26-11-9-24(10-12-26)32-29(36)20-33-21-31(32)39-22-23-8-13-30-28(18-23)35(15-17-38-30)14-5-16-37-3/h4,6-13,18-19,29,31-33,36H,5,14-17,20-22H2,1-3H3. The van der Waals surface area contributed by atoms with Crippen molar-refractivity contribution in [3.8, 4) is 17.2 Å². The zero-order valence-electron chi connectivity index (χ0n) is 23.7. The molecule has 3 atom stereocenters. The Hall–Kier alpha value is -3.30. The van der Waals surface area contributed by atoms with Crippen molar-refractivity contribution < 1.29 is 24.1 Å². The maximum Gasteiger partial charge on any atom is 0.142 e. The van der Waals surface area contributed by atoms with Gasteiger partial charge in [-0.2, -0.15) is 0 Å². The van der Waals surface area contributed by atoms with Gasteiger partial charge in [-0.05, 0) is 53.9 Å². The predicted octanol–water partition coefficient (Wildman–Crippen LogP) is 4.41. The summed E-state index contributed by atoms with van der Waals surface area (Å²) in [6.07, 6.45) is 0.254. The van der Waals surface area contributed by atoms with Gasteiger partial charge in [0.1, 0.15) is 23.9 Å². The van der Waals surface area contributed by atoms with Gasteiger partial charge in [0.05, 0.1) is 31.0 Å². The third kappa shape index (κ3) is 6.88. The first kappa shape index (κ1) is 28.2. The number of hydrogen-bond acceptors (Lipinski definition) is 8. The van der Waals surface area contributed by atoms with Crippen molar-refractivity contribution >= 4 is 11.4 Å². The molecule has 8 heteroatoms. The molecule has 2 aliphatic heterocycles. The van der Waals surface area contributed by atoms with E-state index >= 15 is 0 Å². The fourth-order valence-electron chi connectivity index (χ4n) is 5.44. The van der Waals surface area contributed by atoms with Gasteiger partial charge in [-0.25, -0.2) is 0 Å². The third-order valence-electron chi connectivity index (χ3n) is 7.57. The van der Waals surface area contributed by atoms with Gasteiger partial charge < -0.3 is 39.2 Å². The summed E-state index contributed by atoms with van der Waals surface area (Å²) in [4.78, 5) is 4.40.